The molecular weight excluding hydrogens is 324 g/mol. The molecule has 0 spiro atoms. The topological polar surface area (TPSA) is 35.5 Å². The SMILES string of the molecule is Cc1c(/C=C/C=O)c2c(c(C)c1OCc1ccccc1)CCC(C)(C)O2. The van der Waals surface area contributed by atoms with Crippen LogP contribution in [0.15, 0.2) is 36.4 Å². The van der Waals surface area contributed by atoms with Gasteiger partial charge in [0.2, 0.25) is 0 Å². The molecule has 2 aromatic carbocycles. The lowest BCUT2D eigenvalue weighted by Gasteiger charge is -2.35. The highest BCUT2D eigenvalue weighted by molar-refractivity contribution is 5.79. The van der Waals surface area contributed by atoms with Crippen LogP contribution in [0.3, 0.4) is 0 Å². The van der Waals surface area contributed by atoms with Gasteiger partial charge in [-0.3, -0.25) is 4.79 Å². The molecule has 0 amide bonds. The lowest BCUT2D eigenvalue weighted by atomic mass is 9.87. The third-order valence-electron chi connectivity index (χ3n) is 4.98. The molecule has 3 heteroatoms. The maximum Gasteiger partial charge on any atom is 0.142 e. The van der Waals surface area contributed by atoms with E-state index in [0.717, 1.165) is 52.9 Å². The Kier molecular flexibility index (Phi) is 5.17. The molecule has 0 unspecified atom stereocenters. The first-order chi connectivity index (χ1) is 12.4. The maximum atomic E-state index is 10.9. The molecule has 2 aromatic rings. The molecule has 0 atom stereocenters. The molecule has 3 rings (SSSR count). The van der Waals surface area contributed by atoms with Crippen LogP contribution < -0.4 is 9.47 Å². The van der Waals surface area contributed by atoms with E-state index in [1.54, 1.807) is 0 Å². The van der Waals surface area contributed by atoms with Crippen LogP contribution in [0.1, 0.15) is 48.1 Å². The van der Waals surface area contributed by atoms with Crippen molar-refractivity contribution in [3.05, 3.63) is 64.2 Å². The molecule has 1 aliphatic heterocycles. The van der Waals surface area contributed by atoms with E-state index in [2.05, 4.69) is 32.9 Å². The lowest BCUT2D eigenvalue weighted by molar-refractivity contribution is -0.104. The Morgan fingerprint density at radius 3 is 2.58 bits per heavy atom. The minimum absolute atomic E-state index is 0.206. The summed E-state index contributed by atoms with van der Waals surface area (Å²) in [5, 5.41) is 0. The Balaban J connectivity index is 2.05. The fraction of sp³-hybridized carbons (Fsp3) is 0.348. The van der Waals surface area contributed by atoms with E-state index in [0.29, 0.717) is 6.61 Å². The molecule has 1 aliphatic rings. The molecule has 0 fully saturated rings. The number of carbonyl (C=O) groups excluding carboxylic acids is 1. The summed E-state index contributed by atoms with van der Waals surface area (Å²) in [6.45, 7) is 8.86. The lowest BCUT2D eigenvalue weighted by Crippen LogP contribution is -2.33. The number of carbonyl (C=O) groups is 1. The van der Waals surface area contributed by atoms with E-state index in [-0.39, 0.29) is 5.60 Å². The number of fused-ring (bicyclic) bond motifs is 1. The van der Waals surface area contributed by atoms with Crippen molar-refractivity contribution in [3.8, 4) is 11.5 Å². The molecule has 0 radical (unpaired) electrons. The maximum absolute atomic E-state index is 10.9. The summed E-state index contributed by atoms with van der Waals surface area (Å²) in [6.07, 6.45) is 6.04. The molecule has 0 aliphatic carbocycles. The zero-order valence-corrected chi connectivity index (χ0v) is 16.0. The fourth-order valence-corrected chi connectivity index (χ4v) is 3.50. The fourth-order valence-electron chi connectivity index (χ4n) is 3.50. The number of hydrogen-bond donors (Lipinski definition) is 0. The van der Waals surface area contributed by atoms with Crippen LogP contribution in [0.5, 0.6) is 11.5 Å². The highest BCUT2D eigenvalue weighted by Gasteiger charge is 2.31. The van der Waals surface area contributed by atoms with E-state index >= 15 is 0 Å². The third kappa shape index (κ3) is 3.67. The van der Waals surface area contributed by atoms with Gasteiger partial charge >= 0.3 is 0 Å². The number of rotatable bonds is 5. The Hall–Kier alpha value is -2.55. The molecule has 0 N–H and O–H groups in total. The summed E-state index contributed by atoms with van der Waals surface area (Å²) in [6, 6.07) is 10.1. The second-order valence-electron chi connectivity index (χ2n) is 7.43. The monoisotopic (exact) mass is 350 g/mol. The van der Waals surface area contributed by atoms with E-state index in [4.69, 9.17) is 9.47 Å². The van der Waals surface area contributed by atoms with Crippen LogP contribution in [0.25, 0.3) is 6.08 Å². The number of aldehydes is 1. The molecule has 3 nitrogen and oxygen atoms in total. The Bertz CT molecular complexity index is 833. The summed E-state index contributed by atoms with van der Waals surface area (Å²) < 4.78 is 12.5. The highest BCUT2D eigenvalue weighted by atomic mass is 16.5. The van der Waals surface area contributed by atoms with Crippen LogP contribution in [0, 0.1) is 13.8 Å². The molecule has 26 heavy (non-hydrogen) atoms. The molecule has 0 aromatic heterocycles. The van der Waals surface area contributed by atoms with Crippen molar-refractivity contribution in [1.29, 1.82) is 0 Å². The van der Waals surface area contributed by atoms with Crippen molar-refractivity contribution in [2.24, 2.45) is 0 Å². The predicted octanol–water partition coefficient (Wildman–Crippen LogP) is 5.20. The van der Waals surface area contributed by atoms with Crippen molar-refractivity contribution in [2.75, 3.05) is 0 Å². The predicted molar refractivity (Wildman–Crippen MR) is 105 cm³/mol. The van der Waals surface area contributed by atoms with Gasteiger partial charge in [-0.2, -0.15) is 0 Å². The molecule has 0 bridgehead atoms. The first-order valence-corrected chi connectivity index (χ1v) is 9.06. The van der Waals surface area contributed by atoms with Gasteiger partial charge in [-0.25, -0.2) is 0 Å². The third-order valence-corrected chi connectivity index (χ3v) is 4.98. The van der Waals surface area contributed by atoms with Gasteiger partial charge in [0.05, 0.1) is 0 Å². The summed E-state index contributed by atoms with van der Waals surface area (Å²) in [5.41, 5.74) is 5.19. The number of benzene rings is 2. The van der Waals surface area contributed by atoms with Crippen LogP contribution in [-0.4, -0.2) is 11.9 Å². The first-order valence-electron chi connectivity index (χ1n) is 9.06. The van der Waals surface area contributed by atoms with Gasteiger partial charge in [0, 0.05) is 16.7 Å². The zero-order valence-electron chi connectivity index (χ0n) is 16.0. The second-order valence-corrected chi connectivity index (χ2v) is 7.43. The second kappa shape index (κ2) is 7.36. The van der Waals surface area contributed by atoms with Gasteiger partial charge in [-0.1, -0.05) is 30.3 Å². The van der Waals surface area contributed by atoms with Crippen LogP contribution in [-0.2, 0) is 17.8 Å². The van der Waals surface area contributed by atoms with Gasteiger partial charge in [0.25, 0.3) is 0 Å². The zero-order chi connectivity index (χ0) is 18.7. The average molecular weight is 350 g/mol. The standard InChI is InChI=1S/C23H26O3/c1-16-19(11-8-14-24)22-20(12-13-23(3,4)26-22)17(2)21(16)25-15-18-9-6-5-7-10-18/h5-11,14H,12-13,15H2,1-4H3/b11-8+. The van der Waals surface area contributed by atoms with E-state index in [1.165, 1.54) is 11.6 Å². The van der Waals surface area contributed by atoms with Gasteiger partial charge in [0.1, 0.15) is 30.0 Å². The molecular formula is C23H26O3. The Morgan fingerprint density at radius 2 is 1.88 bits per heavy atom. The number of ether oxygens (including phenoxy) is 2. The average Bonchev–Trinajstić information content (AvgIpc) is 2.61. The van der Waals surface area contributed by atoms with Crippen molar-refractivity contribution in [2.45, 2.75) is 52.7 Å². The minimum Gasteiger partial charge on any atom is -0.488 e. The van der Waals surface area contributed by atoms with E-state index in [1.807, 2.05) is 31.2 Å². The summed E-state index contributed by atoms with van der Waals surface area (Å²) in [7, 11) is 0. The van der Waals surface area contributed by atoms with Crippen molar-refractivity contribution in [1.82, 2.24) is 0 Å². The minimum atomic E-state index is -0.206. The van der Waals surface area contributed by atoms with E-state index in [9.17, 15) is 4.79 Å². The van der Waals surface area contributed by atoms with Crippen LogP contribution in [0.2, 0.25) is 0 Å². The van der Waals surface area contributed by atoms with Gasteiger partial charge in [-0.05, 0) is 63.8 Å². The largest absolute Gasteiger partial charge is 0.488 e. The normalized spacial score (nSPS) is 15.4. The van der Waals surface area contributed by atoms with Crippen LogP contribution in [0.4, 0.5) is 0 Å². The molecule has 0 saturated heterocycles. The quantitative estimate of drug-likeness (QED) is 0.549. The highest BCUT2D eigenvalue weighted by Crippen LogP contribution is 2.44. The van der Waals surface area contributed by atoms with Crippen molar-refractivity contribution < 1.29 is 14.3 Å². The van der Waals surface area contributed by atoms with Crippen LogP contribution >= 0.6 is 0 Å². The number of hydrogen-bond acceptors (Lipinski definition) is 3. The molecule has 136 valence electrons. The summed E-state index contributed by atoms with van der Waals surface area (Å²) >= 11 is 0. The smallest absolute Gasteiger partial charge is 0.142 e. The van der Waals surface area contributed by atoms with Gasteiger partial charge < -0.3 is 9.47 Å². The summed E-state index contributed by atoms with van der Waals surface area (Å²) in [4.78, 5) is 10.9. The van der Waals surface area contributed by atoms with Crippen molar-refractivity contribution in [3.63, 3.8) is 0 Å². The van der Waals surface area contributed by atoms with Gasteiger partial charge in [-0.15, -0.1) is 0 Å². The Morgan fingerprint density at radius 1 is 1.15 bits per heavy atom. The van der Waals surface area contributed by atoms with Crippen molar-refractivity contribution >= 4 is 12.4 Å². The van der Waals surface area contributed by atoms with Gasteiger partial charge in [0.15, 0.2) is 0 Å². The van der Waals surface area contributed by atoms with E-state index < -0.39 is 0 Å². The molecule has 1 heterocycles. The molecule has 0 saturated carbocycles. The first kappa shape index (κ1) is 18.2. The Labute approximate surface area is 155 Å². The number of allylic oxidation sites excluding steroid dienone is 1. The summed E-state index contributed by atoms with van der Waals surface area (Å²) in [5.74, 6) is 1.78.